The molecule has 0 amide bonds. The maximum Gasteiger partial charge on any atom is 0.261 e. The second kappa shape index (κ2) is 3.76. The van der Waals surface area contributed by atoms with Gasteiger partial charge in [-0.05, 0) is 17.7 Å². The van der Waals surface area contributed by atoms with Crippen molar-refractivity contribution >= 4 is 31.5 Å². The number of halogens is 1. The molecule has 2 nitrogen and oxygen atoms in total. The summed E-state index contributed by atoms with van der Waals surface area (Å²) in [5.74, 6) is 2.85. The van der Waals surface area contributed by atoms with Crippen LogP contribution in [0.5, 0.6) is 0 Å². The van der Waals surface area contributed by atoms with Gasteiger partial charge in [-0.15, -0.1) is 0 Å². The van der Waals surface area contributed by atoms with Gasteiger partial charge >= 0.3 is 0 Å². The SMILES string of the molecule is O=S(=O)(Cl)c1ccc(C2CSC2)cc1. The Kier molecular flexibility index (Phi) is 2.77. The molecule has 76 valence electrons. The third-order valence-corrected chi connectivity index (χ3v) is 4.92. The summed E-state index contributed by atoms with van der Waals surface area (Å²) in [5.41, 5.74) is 1.20. The molecule has 2 rings (SSSR count). The minimum Gasteiger partial charge on any atom is -0.207 e. The van der Waals surface area contributed by atoms with Crippen LogP contribution in [0.15, 0.2) is 29.2 Å². The van der Waals surface area contributed by atoms with Crippen LogP contribution in [0.4, 0.5) is 0 Å². The molecule has 5 heteroatoms. The molecule has 0 radical (unpaired) electrons. The Labute approximate surface area is 92.1 Å². The Morgan fingerprint density at radius 3 is 2.14 bits per heavy atom. The van der Waals surface area contributed by atoms with E-state index in [1.807, 2.05) is 23.9 Å². The highest BCUT2D eigenvalue weighted by molar-refractivity contribution is 8.13. The zero-order chi connectivity index (χ0) is 10.2. The fourth-order valence-corrected chi connectivity index (χ4v) is 2.96. The van der Waals surface area contributed by atoms with Crippen molar-refractivity contribution in [2.45, 2.75) is 10.8 Å². The minimum atomic E-state index is -3.57. The average Bonchev–Trinajstić information content (AvgIpc) is 2.00. The Morgan fingerprint density at radius 1 is 1.21 bits per heavy atom. The molecule has 0 spiro atoms. The first-order chi connectivity index (χ1) is 6.57. The average molecular weight is 249 g/mol. The van der Waals surface area contributed by atoms with Crippen LogP contribution in [0.25, 0.3) is 0 Å². The standard InChI is InChI=1S/C9H9ClO2S2/c10-14(11,12)9-3-1-7(2-4-9)8-5-13-6-8/h1-4,8H,5-6H2. The Bertz CT molecular complexity index is 421. The van der Waals surface area contributed by atoms with Crippen molar-refractivity contribution in [3.05, 3.63) is 29.8 Å². The topological polar surface area (TPSA) is 34.1 Å². The van der Waals surface area contributed by atoms with Crippen LogP contribution in [-0.2, 0) is 9.05 Å². The lowest BCUT2D eigenvalue weighted by atomic mass is 10.0. The van der Waals surface area contributed by atoms with Crippen LogP contribution in [0.3, 0.4) is 0 Å². The van der Waals surface area contributed by atoms with Gasteiger partial charge in [-0.3, -0.25) is 0 Å². The summed E-state index contributed by atoms with van der Waals surface area (Å²) < 4.78 is 21.9. The summed E-state index contributed by atoms with van der Waals surface area (Å²) in [7, 11) is 1.64. The first-order valence-corrected chi connectivity index (χ1v) is 7.66. The van der Waals surface area contributed by atoms with Gasteiger partial charge < -0.3 is 0 Å². The quantitative estimate of drug-likeness (QED) is 0.754. The van der Waals surface area contributed by atoms with E-state index in [0.29, 0.717) is 5.92 Å². The maximum atomic E-state index is 11.0. The second-order valence-electron chi connectivity index (χ2n) is 3.24. The van der Waals surface area contributed by atoms with Crippen molar-refractivity contribution in [1.82, 2.24) is 0 Å². The molecule has 1 aromatic rings. The molecular formula is C9H9ClO2S2. The highest BCUT2D eigenvalue weighted by Gasteiger charge is 2.20. The van der Waals surface area contributed by atoms with Crippen molar-refractivity contribution in [2.75, 3.05) is 11.5 Å². The van der Waals surface area contributed by atoms with Gasteiger partial charge in [0.1, 0.15) is 0 Å². The van der Waals surface area contributed by atoms with E-state index < -0.39 is 9.05 Å². The first-order valence-electron chi connectivity index (χ1n) is 4.20. The Hall–Kier alpha value is -0.190. The van der Waals surface area contributed by atoms with E-state index in [0.717, 1.165) is 11.5 Å². The van der Waals surface area contributed by atoms with Gasteiger partial charge in [0.05, 0.1) is 4.90 Å². The molecular weight excluding hydrogens is 240 g/mol. The van der Waals surface area contributed by atoms with Gasteiger partial charge in [0.2, 0.25) is 0 Å². The van der Waals surface area contributed by atoms with Gasteiger partial charge in [-0.25, -0.2) is 8.42 Å². The zero-order valence-corrected chi connectivity index (χ0v) is 9.70. The van der Waals surface area contributed by atoms with E-state index in [1.165, 1.54) is 5.56 Å². The van der Waals surface area contributed by atoms with Crippen molar-refractivity contribution in [1.29, 1.82) is 0 Å². The van der Waals surface area contributed by atoms with Crippen molar-refractivity contribution in [3.63, 3.8) is 0 Å². The van der Waals surface area contributed by atoms with Crippen molar-refractivity contribution in [2.24, 2.45) is 0 Å². The summed E-state index contributed by atoms with van der Waals surface area (Å²) in [6.07, 6.45) is 0. The zero-order valence-electron chi connectivity index (χ0n) is 7.31. The number of rotatable bonds is 2. The highest BCUT2D eigenvalue weighted by atomic mass is 35.7. The smallest absolute Gasteiger partial charge is 0.207 e. The monoisotopic (exact) mass is 248 g/mol. The molecule has 1 heterocycles. The van der Waals surface area contributed by atoms with E-state index in [4.69, 9.17) is 10.7 Å². The lowest BCUT2D eigenvalue weighted by Gasteiger charge is -2.25. The molecule has 0 unspecified atom stereocenters. The van der Waals surface area contributed by atoms with Gasteiger partial charge in [-0.1, -0.05) is 12.1 Å². The van der Waals surface area contributed by atoms with E-state index in [2.05, 4.69) is 0 Å². The molecule has 1 aromatic carbocycles. The third kappa shape index (κ3) is 2.07. The molecule has 1 saturated heterocycles. The van der Waals surface area contributed by atoms with E-state index >= 15 is 0 Å². The molecule has 0 N–H and O–H groups in total. The summed E-state index contributed by atoms with van der Waals surface area (Å²) in [6, 6.07) is 6.83. The van der Waals surface area contributed by atoms with Gasteiger partial charge in [0, 0.05) is 28.1 Å². The van der Waals surface area contributed by atoms with Crippen molar-refractivity contribution < 1.29 is 8.42 Å². The van der Waals surface area contributed by atoms with E-state index in [1.54, 1.807) is 12.1 Å². The van der Waals surface area contributed by atoms with E-state index in [9.17, 15) is 8.42 Å². The fourth-order valence-electron chi connectivity index (χ4n) is 1.33. The van der Waals surface area contributed by atoms with Crippen LogP contribution in [0.2, 0.25) is 0 Å². The molecule has 14 heavy (non-hydrogen) atoms. The molecule has 1 aliphatic rings. The predicted molar refractivity (Wildman–Crippen MR) is 59.5 cm³/mol. The third-order valence-electron chi connectivity index (χ3n) is 2.27. The molecule has 0 bridgehead atoms. The number of hydrogen-bond donors (Lipinski definition) is 0. The highest BCUT2D eigenvalue weighted by Crippen LogP contribution is 2.34. The fraction of sp³-hybridized carbons (Fsp3) is 0.333. The Morgan fingerprint density at radius 2 is 1.79 bits per heavy atom. The summed E-state index contributed by atoms with van der Waals surface area (Å²) >= 11 is 1.91. The molecule has 1 aliphatic heterocycles. The Balaban J connectivity index is 2.26. The second-order valence-corrected chi connectivity index (χ2v) is 6.88. The van der Waals surface area contributed by atoms with Crippen LogP contribution >= 0.6 is 22.4 Å². The maximum absolute atomic E-state index is 11.0. The summed E-state index contributed by atoms with van der Waals surface area (Å²) in [5, 5.41) is 0. The molecule has 0 saturated carbocycles. The molecule has 0 aromatic heterocycles. The van der Waals surface area contributed by atoms with E-state index in [-0.39, 0.29) is 4.90 Å². The molecule has 0 aliphatic carbocycles. The molecule has 0 atom stereocenters. The molecule has 1 fully saturated rings. The van der Waals surface area contributed by atoms with Gasteiger partial charge in [0.25, 0.3) is 9.05 Å². The number of benzene rings is 1. The lowest BCUT2D eigenvalue weighted by molar-refractivity contribution is 0.609. The van der Waals surface area contributed by atoms with Gasteiger partial charge in [0.15, 0.2) is 0 Å². The normalized spacial score (nSPS) is 17.8. The van der Waals surface area contributed by atoms with Crippen LogP contribution in [-0.4, -0.2) is 19.9 Å². The summed E-state index contributed by atoms with van der Waals surface area (Å²) in [4.78, 5) is 0.176. The van der Waals surface area contributed by atoms with Crippen LogP contribution in [0.1, 0.15) is 11.5 Å². The summed E-state index contributed by atoms with van der Waals surface area (Å²) in [6.45, 7) is 0. The lowest BCUT2D eigenvalue weighted by Crippen LogP contribution is -2.15. The number of thioether (sulfide) groups is 1. The minimum absolute atomic E-state index is 0.176. The van der Waals surface area contributed by atoms with Gasteiger partial charge in [-0.2, -0.15) is 11.8 Å². The largest absolute Gasteiger partial charge is 0.261 e. The predicted octanol–water partition coefficient (Wildman–Crippen LogP) is 2.44. The van der Waals surface area contributed by atoms with Crippen LogP contribution in [0, 0.1) is 0 Å². The van der Waals surface area contributed by atoms with Crippen LogP contribution < -0.4 is 0 Å². The van der Waals surface area contributed by atoms with Crippen molar-refractivity contribution in [3.8, 4) is 0 Å². The number of hydrogen-bond acceptors (Lipinski definition) is 3. The first kappa shape index (κ1) is 10.3.